The molecule has 0 spiro atoms. The quantitative estimate of drug-likeness (QED) is 0.202. The second-order valence-corrected chi connectivity index (χ2v) is 14.1. The minimum absolute atomic E-state index is 0.0265. The minimum Gasteiger partial charge on any atom is -0.494 e. The molecular formula is C38H54N2O8. The lowest BCUT2D eigenvalue weighted by atomic mass is 9.87. The molecule has 2 aromatic rings. The van der Waals surface area contributed by atoms with Crippen LogP contribution in [0.25, 0.3) is 0 Å². The van der Waals surface area contributed by atoms with Crippen LogP contribution in [0.15, 0.2) is 42.5 Å². The molecule has 3 aliphatic rings. The Labute approximate surface area is 285 Å². The van der Waals surface area contributed by atoms with E-state index < -0.39 is 5.60 Å². The lowest BCUT2D eigenvalue weighted by Crippen LogP contribution is -2.48. The van der Waals surface area contributed by atoms with Gasteiger partial charge in [0.05, 0.1) is 44.3 Å². The highest BCUT2D eigenvalue weighted by Crippen LogP contribution is 2.36. The average Bonchev–Trinajstić information content (AvgIpc) is 3.08. The van der Waals surface area contributed by atoms with E-state index in [2.05, 4.69) is 12.1 Å². The Hall–Kier alpha value is -3.34. The number of nitrogens with zero attached hydrogens (tertiary/aromatic N) is 2. The number of methoxy groups -OCH3 is 1. The maximum absolute atomic E-state index is 13.1. The van der Waals surface area contributed by atoms with Crippen LogP contribution in [0.2, 0.25) is 0 Å². The summed E-state index contributed by atoms with van der Waals surface area (Å²) in [7, 11) is 1.66. The third-order valence-electron chi connectivity index (χ3n) is 9.14. The molecule has 1 saturated carbocycles. The summed E-state index contributed by atoms with van der Waals surface area (Å²) in [6, 6.07) is 14.1. The molecular weight excluding hydrogens is 612 g/mol. The first kappa shape index (κ1) is 36.0. The molecule has 0 N–H and O–H groups in total. The van der Waals surface area contributed by atoms with Gasteiger partial charge < -0.3 is 38.2 Å². The molecule has 0 radical (unpaired) electrons. The van der Waals surface area contributed by atoms with Gasteiger partial charge in [0, 0.05) is 39.1 Å². The van der Waals surface area contributed by atoms with Crippen LogP contribution in [-0.4, -0.2) is 87.9 Å². The van der Waals surface area contributed by atoms with Gasteiger partial charge in [0.25, 0.3) is 5.91 Å². The Morgan fingerprint density at radius 3 is 2.48 bits per heavy atom. The summed E-state index contributed by atoms with van der Waals surface area (Å²) in [4.78, 5) is 29.3. The van der Waals surface area contributed by atoms with Crippen molar-refractivity contribution in [3.05, 3.63) is 53.6 Å². The van der Waals surface area contributed by atoms with Crippen molar-refractivity contribution in [2.45, 2.75) is 102 Å². The topological polar surface area (TPSA) is 96.0 Å². The molecule has 1 aliphatic carbocycles. The van der Waals surface area contributed by atoms with Crippen LogP contribution in [0.3, 0.4) is 0 Å². The number of ether oxygens (including phenoxy) is 6. The predicted octanol–water partition coefficient (Wildman–Crippen LogP) is 6.88. The van der Waals surface area contributed by atoms with Gasteiger partial charge in [-0.3, -0.25) is 4.79 Å². The molecule has 10 nitrogen and oxygen atoms in total. The van der Waals surface area contributed by atoms with Gasteiger partial charge >= 0.3 is 6.09 Å². The van der Waals surface area contributed by atoms with E-state index in [9.17, 15) is 9.59 Å². The fourth-order valence-electron chi connectivity index (χ4n) is 6.65. The Bertz CT molecular complexity index is 1320. The number of anilines is 1. The highest BCUT2D eigenvalue weighted by Gasteiger charge is 2.35. The predicted molar refractivity (Wildman–Crippen MR) is 184 cm³/mol. The summed E-state index contributed by atoms with van der Waals surface area (Å²) in [5, 5.41) is 0. The standard InChI is InChI=1S/C38H54N2O8/c1-38(2,3)48-37(42)39-20-18-32(29-13-15-31(16-14-29)45-23-9-22-44-30-10-6-5-7-11-30)35(25-39)46-26-28-12-17-34-33(24-28)40(19-8-21-43-4)36(41)27-47-34/h12-17,24,30,32,35H,5-11,18-23,25-27H2,1-4H3. The van der Waals surface area contributed by atoms with Crippen molar-refractivity contribution in [1.29, 1.82) is 0 Å². The summed E-state index contributed by atoms with van der Waals surface area (Å²) in [5.74, 6) is 1.52. The van der Waals surface area contributed by atoms with Gasteiger partial charge in [-0.1, -0.05) is 37.5 Å². The number of hydrogen-bond donors (Lipinski definition) is 0. The molecule has 0 bridgehead atoms. The maximum Gasteiger partial charge on any atom is 0.410 e. The molecule has 5 rings (SSSR count). The van der Waals surface area contributed by atoms with Crippen LogP contribution in [0.5, 0.6) is 11.5 Å². The average molecular weight is 667 g/mol. The third kappa shape index (κ3) is 10.3. The van der Waals surface area contributed by atoms with E-state index in [1.807, 2.05) is 51.1 Å². The molecule has 2 aliphatic heterocycles. The Morgan fingerprint density at radius 2 is 1.73 bits per heavy atom. The van der Waals surface area contributed by atoms with Crippen molar-refractivity contribution in [1.82, 2.24) is 4.90 Å². The van der Waals surface area contributed by atoms with Crippen LogP contribution in [0.1, 0.15) is 89.2 Å². The van der Waals surface area contributed by atoms with E-state index in [0.29, 0.717) is 51.3 Å². The molecule has 264 valence electrons. The van der Waals surface area contributed by atoms with E-state index in [-0.39, 0.29) is 30.6 Å². The normalized spacial score (nSPS) is 20.3. The zero-order valence-electron chi connectivity index (χ0n) is 29.2. The second-order valence-electron chi connectivity index (χ2n) is 14.1. The van der Waals surface area contributed by atoms with E-state index in [1.54, 1.807) is 16.9 Å². The Balaban J connectivity index is 1.22. The van der Waals surface area contributed by atoms with Gasteiger partial charge in [-0.2, -0.15) is 0 Å². The molecule has 48 heavy (non-hydrogen) atoms. The molecule has 2 atom stereocenters. The summed E-state index contributed by atoms with van der Waals surface area (Å²) < 4.78 is 35.3. The number of rotatable bonds is 14. The van der Waals surface area contributed by atoms with Gasteiger partial charge in [-0.05, 0) is 81.8 Å². The van der Waals surface area contributed by atoms with E-state index >= 15 is 0 Å². The number of hydrogen-bond acceptors (Lipinski definition) is 8. The maximum atomic E-state index is 13.1. The van der Waals surface area contributed by atoms with Crippen LogP contribution >= 0.6 is 0 Å². The van der Waals surface area contributed by atoms with Gasteiger partial charge in [-0.15, -0.1) is 0 Å². The smallest absolute Gasteiger partial charge is 0.410 e. The van der Waals surface area contributed by atoms with Crippen molar-refractivity contribution >= 4 is 17.7 Å². The monoisotopic (exact) mass is 666 g/mol. The van der Waals surface area contributed by atoms with Crippen LogP contribution in [-0.2, 0) is 30.3 Å². The van der Waals surface area contributed by atoms with Crippen molar-refractivity contribution in [3.63, 3.8) is 0 Å². The zero-order chi connectivity index (χ0) is 33.9. The second kappa shape index (κ2) is 17.4. The molecule has 1 saturated heterocycles. The summed E-state index contributed by atoms with van der Waals surface area (Å²) in [6.07, 6.45) is 8.40. The molecule has 2 aromatic carbocycles. The van der Waals surface area contributed by atoms with Crippen LogP contribution < -0.4 is 14.4 Å². The molecule has 2 fully saturated rings. The molecule has 2 unspecified atom stereocenters. The first-order valence-corrected chi connectivity index (χ1v) is 17.7. The lowest BCUT2D eigenvalue weighted by Gasteiger charge is -2.39. The number of likely N-dealkylation sites (tertiary alicyclic amines) is 1. The van der Waals surface area contributed by atoms with E-state index in [4.69, 9.17) is 28.4 Å². The van der Waals surface area contributed by atoms with Crippen molar-refractivity contribution in [3.8, 4) is 11.5 Å². The molecule has 0 aromatic heterocycles. The van der Waals surface area contributed by atoms with E-state index in [1.165, 1.54) is 32.1 Å². The fraction of sp³-hybridized carbons (Fsp3) is 0.632. The van der Waals surface area contributed by atoms with Crippen molar-refractivity contribution in [2.75, 3.05) is 58.1 Å². The fourth-order valence-corrected chi connectivity index (χ4v) is 6.65. The number of piperidine rings is 1. The number of benzene rings is 2. The molecule has 2 amide bonds. The zero-order valence-corrected chi connectivity index (χ0v) is 29.2. The molecule has 2 heterocycles. The van der Waals surface area contributed by atoms with Gasteiger partial charge in [0.2, 0.25) is 0 Å². The number of carbonyl (C=O) groups is 2. The highest BCUT2D eigenvalue weighted by atomic mass is 16.6. The Kier molecular flexibility index (Phi) is 13.0. The third-order valence-corrected chi connectivity index (χ3v) is 9.14. The number of carbonyl (C=O) groups excluding carboxylic acids is 2. The largest absolute Gasteiger partial charge is 0.494 e. The number of fused-ring (bicyclic) bond motifs is 1. The summed E-state index contributed by atoms with van der Waals surface area (Å²) >= 11 is 0. The van der Waals surface area contributed by atoms with Gasteiger partial charge in [-0.25, -0.2) is 4.79 Å². The van der Waals surface area contributed by atoms with Crippen molar-refractivity contribution < 1.29 is 38.0 Å². The Morgan fingerprint density at radius 1 is 0.938 bits per heavy atom. The van der Waals surface area contributed by atoms with Crippen molar-refractivity contribution in [2.24, 2.45) is 0 Å². The van der Waals surface area contributed by atoms with Crippen LogP contribution in [0.4, 0.5) is 10.5 Å². The van der Waals surface area contributed by atoms with Gasteiger partial charge in [0.1, 0.15) is 17.1 Å². The first-order valence-electron chi connectivity index (χ1n) is 17.7. The highest BCUT2D eigenvalue weighted by molar-refractivity contribution is 5.97. The summed E-state index contributed by atoms with van der Waals surface area (Å²) in [6.45, 7) is 9.44. The van der Waals surface area contributed by atoms with Crippen LogP contribution in [0, 0.1) is 0 Å². The lowest BCUT2D eigenvalue weighted by molar-refractivity contribution is -0.121. The van der Waals surface area contributed by atoms with Gasteiger partial charge in [0.15, 0.2) is 6.61 Å². The molecule has 10 heteroatoms. The first-order chi connectivity index (χ1) is 23.2. The number of amides is 2. The minimum atomic E-state index is -0.583. The summed E-state index contributed by atoms with van der Waals surface area (Å²) in [5.41, 5.74) is 2.23. The SMILES string of the molecule is COCCCN1C(=O)COc2ccc(COC3CN(C(=O)OC(C)(C)C)CCC3c3ccc(OCCCOC4CCCCC4)cc3)cc21. The van der Waals surface area contributed by atoms with E-state index in [0.717, 1.165) is 48.4 Å².